The summed E-state index contributed by atoms with van der Waals surface area (Å²) in [5, 5.41) is 14.8. The number of aliphatic hydroxyl groups excluding tert-OH is 1. The summed E-state index contributed by atoms with van der Waals surface area (Å²) in [5.74, 6) is 0.280. The van der Waals surface area contributed by atoms with Crippen molar-refractivity contribution in [3.63, 3.8) is 0 Å². The third-order valence-electron chi connectivity index (χ3n) is 7.88. The number of carbonyl (C=O) groups is 2. The molecule has 0 bridgehead atoms. The number of carbonyl (C=O) groups excluding carboxylic acids is 2. The van der Waals surface area contributed by atoms with Gasteiger partial charge in [-0.15, -0.1) is 0 Å². The van der Waals surface area contributed by atoms with Gasteiger partial charge in [0.15, 0.2) is 6.29 Å². The molecule has 2 saturated heterocycles. The van der Waals surface area contributed by atoms with E-state index in [1.54, 1.807) is 25.4 Å². The Bertz CT molecular complexity index is 1370. The van der Waals surface area contributed by atoms with E-state index in [4.69, 9.17) is 14.2 Å². The van der Waals surface area contributed by atoms with Crippen LogP contribution in [0.4, 0.5) is 16.4 Å². The Hall–Kier alpha value is -4.10. The van der Waals surface area contributed by atoms with Gasteiger partial charge in [0.25, 0.3) is 0 Å². The molecule has 2 aliphatic rings. The summed E-state index contributed by atoms with van der Waals surface area (Å²) < 4.78 is 18.1. The quantitative estimate of drug-likeness (QED) is 0.296. The van der Waals surface area contributed by atoms with Gasteiger partial charge < -0.3 is 34.9 Å². The number of rotatable bonds is 10. The van der Waals surface area contributed by atoms with E-state index < -0.39 is 18.3 Å². The fraction of sp³-hybridized carbons (Fsp3) is 0.438. The summed E-state index contributed by atoms with van der Waals surface area (Å²) in [5.41, 5.74) is 3.14. The van der Waals surface area contributed by atoms with Gasteiger partial charge in [-0.2, -0.15) is 0 Å². The van der Waals surface area contributed by atoms with Crippen LogP contribution in [0.1, 0.15) is 42.9 Å². The Morgan fingerprint density at radius 2 is 1.75 bits per heavy atom. The van der Waals surface area contributed by atoms with Gasteiger partial charge in [-0.1, -0.05) is 43.3 Å². The van der Waals surface area contributed by atoms with Crippen molar-refractivity contribution >= 4 is 23.6 Å². The normalized spacial score (nSPS) is 22.3. The number of nitrogens with zero attached hydrogens (tertiary/aromatic N) is 4. The Morgan fingerprint density at radius 3 is 2.45 bits per heavy atom. The van der Waals surface area contributed by atoms with E-state index in [1.165, 1.54) is 0 Å². The summed E-state index contributed by atoms with van der Waals surface area (Å²) in [6.07, 6.45) is 2.46. The lowest BCUT2D eigenvalue weighted by atomic mass is 9.90. The number of ether oxygens (including phenoxy) is 3. The highest BCUT2D eigenvalue weighted by atomic mass is 16.7. The molecule has 4 atom stereocenters. The molecule has 0 radical (unpaired) electrons. The first-order chi connectivity index (χ1) is 21.4. The maximum atomic E-state index is 12.4. The molecule has 0 saturated carbocycles. The van der Waals surface area contributed by atoms with Gasteiger partial charge in [0, 0.05) is 62.3 Å². The average Bonchev–Trinajstić information content (AvgIpc) is 3.06. The second kappa shape index (κ2) is 15.1. The van der Waals surface area contributed by atoms with Crippen molar-refractivity contribution in [1.82, 2.24) is 20.2 Å². The van der Waals surface area contributed by atoms with E-state index in [2.05, 4.69) is 37.3 Å². The van der Waals surface area contributed by atoms with Crippen LogP contribution in [-0.4, -0.2) is 84.0 Å². The second-order valence-corrected chi connectivity index (χ2v) is 10.9. The van der Waals surface area contributed by atoms with E-state index in [1.807, 2.05) is 48.5 Å². The third kappa shape index (κ3) is 8.08. The van der Waals surface area contributed by atoms with Crippen LogP contribution in [0.3, 0.4) is 0 Å². The minimum atomic E-state index is -0.679. The number of urea groups is 1. The van der Waals surface area contributed by atoms with E-state index in [0.29, 0.717) is 5.69 Å². The minimum absolute atomic E-state index is 0.0249. The van der Waals surface area contributed by atoms with Crippen LogP contribution in [0, 0.1) is 5.92 Å². The monoisotopic (exact) mass is 604 g/mol. The van der Waals surface area contributed by atoms with Gasteiger partial charge in [-0.3, -0.25) is 9.69 Å². The summed E-state index contributed by atoms with van der Waals surface area (Å²) in [7, 11) is 0. The first-order valence-electron chi connectivity index (χ1n) is 15.0. The van der Waals surface area contributed by atoms with Crippen LogP contribution < -0.4 is 15.5 Å². The summed E-state index contributed by atoms with van der Waals surface area (Å²) in [6, 6.07) is 16.4. The molecule has 44 heavy (non-hydrogen) atoms. The lowest BCUT2D eigenvalue weighted by Crippen LogP contribution is -2.51. The number of hydrogen-bond acceptors (Lipinski definition) is 10. The molecule has 1 aromatic heterocycles. The smallest absolute Gasteiger partial charge is 0.325 e. The average molecular weight is 605 g/mol. The number of aliphatic hydroxyl groups is 1. The van der Waals surface area contributed by atoms with Crippen molar-refractivity contribution in [2.45, 2.75) is 39.0 Å². The van der Waals surface area contributed by atoms with Crippen molar-refractivity contribution in [3.8, 4) is 0 Å². The predicted octanol–water partition coefficient (Wildman–Crippen LogP) is 3.27. The van der Waals surface area contributed by atoms with Crippen molar-refractivity contribution in [1.29, 1.82) is 0 Å². The molecule has 0 aliphatic carbocycles. The first kappa shape index (κ1) is 31.3. The molecular weight excluding hydrogens is 564 g/mol. The maximum absolute atomic E-state index is 12.4. The Labute approximate surface area is 257 Å². The fourth-order valence-electron chi connectivity index (χ4n) is 5.47. The molecule has 234 valence electrons. The standard InChI is InChI=1S/C32H40N6O6/c1-3-42-28(40)19-35-32(41)36-26-7-4-6-25(18-26)30-43-27(22(2)29(44-30)24-10-8-23(21-39)9-11-24)20-37-14-16-38(17-15-37)31-33-12-5-13-34-31/h4-13,18,22,27,29-30,39H,3,14-17,19-21H2,1-2H3,(H2,35,36,41)/t22-,27+,29+,30+/m1/s1. The zero-order valence-corrected chi connectivity index (χ0v) is 25.1. The van der Waals surface area contributed by atoms with E-state index in [9.17, 15) is 14.7 Å². The Balaban J connectivity index is 1.29. The number of esters is 1. The SMILES string of the molecule is CCOC(=O)CNC(=O)Nc1cccc([C@H]2O[C@@H](CN3CCN(c4ncccn4)CC3)[C@@H](C)[C@@H](c3ccc(CO)cc3)O2)c1. The predicted molar refractivity (Wildman–Crippen MR) is 164 cm³/mol. The Morgan fingerprint density at radius 1 is 1.00 bits per heavy atom. The summed E-state index contributed by atoms with van der Waals surface area (Å²) in [6.45, 7) is 7.93. The molecule has 3 N–H and O–H groups in total. The largest absolute Gasteiger partial charge is 0.465 e. The number of hydrogen-bond donors (Lipinski definition) is 3. The minimum Gasteiger partial charge on any atom is -0.465 e. The van der Waals surface area contributed by atoms with E-state index in [0.717, 1.165) is 55.4 Å². The molecule has 2 fully saturated rings. The molecule has 2 amide bonds. The molecule has 3 aromatic rings. The lowest BCUT2D eigenvalue weighted by molar-refractivity contribution is -0.276. The molecular formula is C32H40N6O6. The second-order valence-electron chi connectivity index (χ2n) is 10.9. The zero-order valence-electron chi connectivity index (χ0n) is 25.1. The van der Waals surface area contributed by atoms with Gasteiger partial charge >= 0.3 is 12.0 Å². The number of amides is 2. The highest BCUT2D eigenvalue weighted by molar-refractivity contribution is 5.91. The van der Waals surface area contributed by atoms with Crippen molar-refractivity contribution in [3.05, 3.63) is 83.7 Å². The van der Waals surface area contributed by atoms with Crippen LogP contribution >= 0.6 is 0 Å². The lowest BCUT2D eigenvalue weighted by Gasteiger charge is -2.44. The zero-order chi connectivity index (χ0) is 30.9. The van der Waals surface area contributed by atoms with Crippen molar-refractivity contribution < 1.29 is 28.9 Å². The molecule has 3 heterocycles. The molecule has 12 heteroatoms. The number of benzene rings is 2. The highest BCUT2D eigenvalue weighted by Crippen LogP contribution is 2.42. The highest BCUT2D eigenvalue weighted by Gasteiger charge is 2.39. The van der Waals surface area contributed by atoms with Gasteiger partial charge in [0.2, 0.25) is 5.95 Å². The molecule has 2 aliphatic heterocycles. The van der Waals surface area contributed by atoms with Crippen molar-refractivity contribution in [2.24, 2.45) is 5.92 Å². The van der Waals surface area contributed by atoms with E-state index >= 15 is 0 Å². The van der Waals surface area contributed by atoms with Gasteiger partial charge in [0.05, 0.1) is 25.4 Å². The van der Waals surface area contributed by atoms with Crippen molar-refractivity contribution in [2.75, 3.05) is 56.1 Å². The van der Waals surface area contributed by atoms with Crippen LogP contribution in [-0.2, 0) is 25.6 Å². The van der Waals surface area contributed by atoms with Crippen LogP contribution in [0.25, 0.3) is 0 Å². The Kier molecular flexibility index (Phi) is 10.7. The molecule has 12 nitrogen and oxygen atoms in total. The number of piperazine rings is 1. The molecule has 5 rings (SSSR count). The van der Waals surface area contributed by atoms with Gasteiger partial charge in [-0.25, -0.2) is 14.8 Å². The number of aromatic nitrogens is 2. The summed E-state index contributed by atoms with van der Waals surface area (Å²) >= 11 is 0. The van der Waals surface area contributed by atoms with Crippen LogP contribution in [0.2, 0.25) is 0 Å². The fourth-order valence-corrected chi connectivity index (χ4v) is 5.47. The van der Waals surface area contributed by atoms with Crippen LogP contribution in [0.5, 0.6) is 0 Å². The molecule has 2 aromatic carbocycles. The van der Waals surface area contributed by atoms with Crippen LogP contribution in [0.15, 0.2) is 67.0 Å². The molecule has 0 spiro atoms. The topological polar surface area (TPSA) is 138 Å². The third-order valence-corrected chi connectivity index (χ3v) is 7.88. The van der Waals surface area contributed by atoms with Gasteiger partial charge in [-0.05, 0) is 36.2 Å². The summed E-state index contributed by atoms with van der Waals surface area (Å²) in [4.78, 5) is 37.4. The number of anilines is 2. The first-order valence-corrected chi connectivity index (χ1v) is 15.0. The van der Waals surface area contributed by atoms with Gasteiger partial charge in [0.1, 0.15) is 6.54 Å². The molecule has 0 unspecified atom stereocenters. The number of nitrogens with one attached hydrogen (secondary N) is 2. The van der Waals surface area contributed by atoms with E-state index in [-0.39, 0.29) is 37.9 Å². The maximum Gasteiger partial charge on any atom is 0.325 e.